The molecule has 0 fully saturated rings. The summed E-state index contributed by atoms with van der Waals surface area (Å²) in [5.41, 5.74) is 19.4. The van der Waals surface area contributed by atoms with Crippen LogP contribution >= 0.6 is 0 Å². The van der Waals surface area contributed by atoms with E-state index in [1.807, 2.05) is 7.11 Å². The van der Waals surface area contributed by atoms with Crippen LogP contribution in [-0.2, 0) is 42.4 Å². The van der Waals surface area contributed by atoms with E-state index in [2.05, 4.69) is 163 Å². The minimum absolute atomic E-state index is 0. The molecule has 4 heteroatoms. The topological polar surface area (TPSA) is 9.23 Å². The van der Waals surface area contributed by atoms with Gasteiger partial charge in [0.2, 0.25) is 0 Å². The second kappa shape index (κ2) is 16.9. The molecular weight excluding hydrogens is 779 g/mol. The maximum Gasteiger partial charge on any atom is 4.00 e. The number of fused-ring (bicyclic) bond motifs is 2. The molecule has 4 aromatic rings. The van der Waals surface area contributed by atoms with Crippen molar-refractivity contribution in [2.45, 2.75) is 131 Å². The predicted octanol–water partition coefficient (Wildman–Crippen LogP) is 7.94. The zero-order chi connectivity index (χ0) is 37.2. The Morgan fingerprint density at radius 3 is 1.83 bits per heavy atom. The van der Waals surface area contributed by atoms with Crippen molar-refractivity contribution in [2.24, 2.45) is 0 Å². The fourth-order valence-electron chi connectivity index (χ4n) is 8.38. The summed E-state index contributed by atoms with van der Waals surface area (Å²) in [6, 6.07) is 21.1. The van der Waals surface area contributed by atoms with Crippen molar-refractivity contribution in [2.75, 3.05) is 7.11 Å². The summed E-state index contributed by atoms with van der Waals surface area (Å²) < 4.78 is 6.13. The molecule has 54 heavy (non-hydrogen) atoms. The standard InChI is InChI=1S/C29H39O.C21H21.2ClH.Zr/c1-18-12-19-16-24(29(8,9)10)26(30-11)25(23(19)13-18)20-14-21(27(2,3)4)17-22(15-20)28(5,6)7;1-13-7-14(2)10-18(9-13)21-19-6-4-5-16(19)12-17-8-15(3)11-20(17)21;;;/h12-17H,1-11H3;7,9-12,21H,4-6H2,1-3H3;2*1H;/q2*-1;;;+4/p-2. The van der Waals surface area contributed by atoms with Gasteiger partial charge in [-0.05, 0) is 88.7 Å². The van der Waals surface area contributed by atoms with E-state index in [-0.39, 0.29) is 67.3 Å². The Bertz CT molecular complexity index is 2090. The SMILES string of the molecule is CC1=[C-]C2=CC3=C(CCC3)C(c3cc(C)cc(C)c3)C2=C1.COc1c(C(C)(C)C)cc2[cH-]c(C)cc2c1-c1cc(C(C)(C)C)cc(C(C)(C)C)c1.[Cl-].[Cl-].[Zr+4]. The van der Waals surface area contributed by atoms with Crippen LogP contribution in [-0.4, -0.2) is 7.11 Å². The van der Waals surface area contributed by atoms with Gasteiger partial charge >= 0.3 is 26.2 Å². The first-order valence-corrected chi connectivity index (χ1v) is 19.0. The molecule has 1 nitrogen and oxygen atoms in total. The average Bonchev–Trinajstić information content (AvgIpc) is 3.73. The third-order valence-electron chi connectivity index (χ3n) is 10.9. The normalized spacial score (nSPS) is 16.5. The molecule has 0 N–H and O–H groups in total. The number of hydrogen-bond acceptors (Lipinski definition) is 1. The van der Waals surface area contributed by atoms with Gasteiger partial charge in [-0.2, -0.15) is 23.3 Å². The minimum atomic E-state index is -0.00600. The molecule has 0 saturated heterocycles. The van der Waals surface area contributed by atoms with Crippen LogP contribution in [0.3, 0.4) is 0 Å². The third-order valence-corrected chi connectivity index (χ3v) is 10.9. The van der Waals surface area contributed by atoms with Gasteiger partial charge in [-0.15, -0.1) is 46.2 Å². The van der Waals surface area contributed by atoms with Crippen molar-refractivity contribution in [3.63, 3.8) is 0 Å². The summed E-state index contributed by atoms with van der Waals surface area (Å²) in [4.78, 5) is 0. The molecule has 0 aliphatic heterocycles. The molecule has 7 rings (SSSR count). The summed E-state index contributed by atoms with van der Waals surface area (Å²) >= 11 is 0. The molecule has 284 valence electrons. The summed E-state index contributed by atoms with van der Waals surface area (Å²) in [5, 5.41) is 2.58. The van der Waals surface area contributed by atoms with Gasteiger partial charge in [-0.25, -0.2) is 0 Å². The molecule has 0 saturated carbocycles. The molecule has 0 spiro atoms. The fraction of sp³-hybridized carbons (Fsp3) is 0.420. The van der Waals surface area contributed by atoms with E-state index in [0.717, 1.165) is 5.75 Å². The first-order chi connectivity index (χ1) is 23.7. The van der Waals surface area contributed by atoms with E-state index in [1.54, 1.807) is 11.1 Å². The van der Waals surface area contributed by atoms with Crippen molar-refractivity contribution < 1.29 is 55.8 Å². The zero-order valence-corrected chi connectivity index (χ0v) is 39.2. The van der Waals surface area contributed by atoms with Gasteiger partial charge in [0.1, 0.15) is 5.75 Å². The first-order valence-electron chi connectivity index (χ1n) is 19.0. The number of allylic oxidation sites excluding steroid dienone is 8. The Kier molecular flexibility index (Phi) is 14.4. The van der Waals surface area contributed by atoms with Crippen LogP contribution in [0.5, 0.6) is 5.75 Å². The largest absolute Gasteiger partial charge is 4.00 e. The Balaban J connectivity index is 0.000000288. The smallest absolute Gasteiger partial charge is 1.00 e. The van der Waals surface area contributed by atoms with E-state index in [1.165, 1.54) is 96.8 Å². The van der Waals surface area contributed by atoms with Gasteiger partial charge in [0.25, 0.3) is 0 Å². The Hall–Kier alpha value is -2.51. The molecular formula is C50H60Cl2OZr. The number of methoxy groups -OCH3 is 1. The van der Waals surface area contributed by atoms with Crippen molar-refractivity contribution in [1.29, 1.82) is 0 Å². The quantitative estimate of drug-likeness (QED) is 0.191. The van der Waals surface area contributed by atoms with E-state index in [4.69, 9.17) is 4.74 Å². The van der Waals surface area contributed by atoms with E-state index < -0.39 is 0 Å². The fourth-order valence-corrected chi connectivity index (χ4v) is 8.38. The van der Waals surface area contributed by atoms with Gasteiger partial charge in [0, 0.05) is 0 Å². The predicted molar refractivity (Wildman–Crippen MR) is 220 cm³/mol. The van der Waals surface area contributed by atoms with E-state index >= 15 is 0 Å². The molecule has 3 aliphatic rings. The molecule has 1 unspecified atom stereocenters. The summed E-state index contributed by atoms with van der Waals surface area (Å²) in [5.74, 6) is 1.47. The number of ether oxygens (including phenoxy) is 1. The number of benzene rings is 3. The number of aryl methyl sites for hydroxylation is 3. The van der Waals surface area contributed by atoms with Gasteiger partial charge in [0.15, 0.2) is 0 Å². The van der Waals surface area contributed by atoms with Crippen LogP contribution in [0, 0.1) is 26.8 Å². The van der Waals surface area contributed by atoms with Crippen molar-refractivity contribution in [3.05, 3.63) is 140 Å². The molecule has 4 aromatic carbocycles. The van der Waals surface area contributed by atoms with Gasteiger partial charge in [-0.3, -0.25) is 0 Å². The van der Waals surface area contributed by atoms with Crippen LogP contribution < -0.4 is 29.6 Å². The van der Waals surface area contributed by atoms with Crippen LogP contribution in [0.4, 0.5) is 0 Å². The van der Waals surface area contributed by atoms with Crippen LogP contribution in [0.15, 0.2) is 94.6 Å². The van der Waals surface area contributed by atoms with E-state index in [9.17, 15) is 0 Å². The van der Waals surface area contributed by atoms with Crippen molar-refractivity contribution in [3.8, 4) is 16.9 Å². The number of rotatable bonds is 3. The van der Waals surface area contributed by atoms with Crippen molar-refractivity contribution >= 4 is 10.8 Å². The monoisotopic (exact) mass is 836 g/mol. The van der Waals surface area contributed by atoms with Gasteiger partial charge in [0.05, 0.1) is 7.11 Å². The zero-order valence-electron chi connectivity index (χ0n) is 35.2. The Morgan fingerprint density at radius 2 is 1.30 bits per heavy atom. The number of halogens is 2. The summed E-state index contributed by atoms with van der Waals surface area (Å²) in [6.45, 7) is 29.3. The van der Waals surface area contributed by atoms with Crippen LogP contribution in [0.2, 0.25) is 0 Å². The van der Waals surface area contributed by atoms with E-state index in [0.29, 0.717) is 5.92 Å². The van der Waals surface area contributed by atoms with Crippen LogP contribution in [0.1, 0.15) is 133 Å². The molecule has 0 heterocycles. The molecule has 0 aromatic heterocycles. The molecule has 0 amide bonds. The van der Waals surface area contributed by atoms with Gasteiger partial charge in [-0.1, -0.05) is 135 Å². The van der Waals surface area contributed by atoms with Gasteiger partial charge < -0.3 is 29.6 Å². The second-order valence-corrected chi connectivity index (χ2v) is 18.6. The molecule has 3 aliphatic carbocycles. The Morgan fingerprint density at radius 1 is 0.704 bits per heavy atom. The first kappa shape index (κ1) is 45.9. The maximum atomic E-state index is 6.13. The third kappa shape index (κ3) is 9.36. The second-order valence-electron chi connectivity index (χ2n) is 18.6. The van der Waals surface area contributed by atoms with Crippen molar-refractivity contribution in [1.82, 2.24) is 0 Å². The summed E-state index contributed by atoms with van der Waals surface area (Å²) in [6.07, 6.45) is 12.1. The van der Waals surface area contributed by atoms with Crippen LogP contribution in [0.25, 0.3) is 21.9 Å². The minimum Gasteiger partial charge on any atom is -1.00 e. The summed E-state index contributed by atoms with van der Waals surface area (Å²) in [7, 11) is 1.81. The number of hydrogen-bond donors (Lipinski definition) is 0. The molecule has 1 atom stereocenters. The molecule has 0 radical (unpaired) electrons. The molecule has 0 bridgehead atoms. The maximum absolute atomic E-state index is 6.13. The average molecular weight is 839 g/mol. The Labute approximate surface area is 359 Å².